The van der Waals surface area contributed by atoms with Crippen LogP contribution in [0.5, 0.6) is 0 Å². The van der Waals surface area contributed by atoms with Gasteiger partial charge in [-0.2, -0.15) is 0 Å². The minimum atomic E-state index is -0.537. The van der Waals surface area contributed by atoms with Gasteiger partial charge in [-0.25, -0.2) is 0 Å². The van der Waals surface area contributed by atoms with Gasteiger partial charge in [0.2, 0.25) is 0 Å². The second-order valence-electron chi connectivity index (χ2n) is 18.0. The number of furan rings is 1. The summed E-state index contributed by atoms with van der Waals surface area (Å²) in [4.78, 5) is 2.53. The number of hydrogen-bond acceptors (Lipinski definition) is 2. The van der Waals surface area contributed by atoms with E-state index in [0.717, 1.165) is 44.4 Å². The summed E-state index contributed by atoms with van der Waals surface area (Å²) in [6.45, 7) is 4.79. The first kappa shape index (κ1) is 36.7. The molecule has 0 atom stereocenters. The molecule has 2 aliphatic carbocycles. The van der Waals surface area contributed by atoms with Crippen LogP contribution in [0.2, 0.25) is 0 Å². The molecular formula is C62H43NO. The van der Waals surface area contributed by atoms with Crippen molar-refractivity contribution in [1.82, 2.24) is 0 Å². The van der Waals surface area contributed by atoms with Gasteiger partial charge in [-0.3, -0.25) is 0 Å². The van der Waals surface area contributed by atoms with Crippen molar-refractivity contribution in [1.29, 1.82) is 0 Å². The van der Waals surface area contributed by atoms with Crippen LogP contribution < -0.4 is 4.90 Å². The number of para-hydroxylation sites is 2. The zero-order valence-corrected chi connectivity index (χ0v) is 35.7. The molecule has 0 amide bonds. The molecule has 11 aromatic rings. The van der Waals surface area contributed by atoms with E-state index in [2.05, 4.69) is 237 Å². The van der Waals surface area contributed by atoms with Gasteiger partial charge in [0.1, 0.15) is 11.2 Å². The lowest BCUT2D eigenvalue weighted by Gasteiger charge is -2.35. The Morgan fingerprint density at radius 1 is 0.406 bits per heavy atom. The minimum absolute atomic E-state index is 0.211. The van der Waals surface area contributed by atoms with Crippen LogP contribution >= 0.6 is 0 Å². The van der Waals surface area contributed by atoms with E-state index >= 15 is 0 Å². The summed E-state index contributed by atoms with van der Waals surface area (Å²) in [6, 6.07) is 82.8. The van der Waals surface area contributed by atoms with E-state index in [4.69, 9.17) is 4.42 Å². The fourth-order valence-electron chi connectivity index (χ4n) is 11.6. The van der Waals surface area contributed by atoms with Crippen molar-refractivity contribution in [2.75, 3.05) is 4.90 Å². The van der Waals surface area contributed by atoms with E-state index in [1.807, 2.05) is 6.07 Å². The van der Waals surface area contributed by atoms with Gasteiger partial charge >= 0.3 is 0 Å². The first-order valence-electron chi connectivity index (χ1n) is 22.3. The molecule has 0 radical (unpaired) electrons. The number of anilines is 3. The maximum absolute atomic E-state index is 6.55. The fraction of sp³-hybridized carbons (Fsp3) is 0.0645. The van der Waals surface area contributed by atoms with Crippen LogP contribution in [0.4, 0.5) is 17.1 Å². The monoisotopic (exact) mass is 817 g/mol. The summed E-state index contributed by atoms with van der Waals surface area (Å²) in [5.74, 6) is 0. The molecule has 2 nitrogen and oxygen atoms in total. The van der Waals surface area contributed by atoms with Gasteiger partial charge in [-0.15, -0.1) is 0 Å². The van der Waals surface area contributed by atoms with Crippen molar-refractivity contribution >= 4 is 49.8 Å². The Morgan fingerprint density at radius 2 is 0.984 bits per heavy atom. The molecule has 0 N–H and O–H groups in total. The third-order valence-electron chi connectivity index (χ3n) is 14.3. The molecule has 0 saturated heterocycles. The maximum atomic E-state index is 6.55. The molecule has 1 heterocycles. The van der Waals surface area contributed by atoms with Gasteiger partial charge in [0.25, 0.3) is 0 Å². The summed E-state index contributed by atoms with van der Waals surface area (Å²) < 4.78 is 6.55. The summed E-state index contributed by atoms with van der Waals surface area (Å²) in [5, 5.41) is 4.79. The molecule has 0 saturated carbocycles. The van der Waals surface area contributed by atoms with E-state index in [0.29, 0.717) is 0 Å². The highest BCUT2D eigenvalue weighted by atomic mass is 16.3. The average Bonchev–Trinajstić information content (AvgIpc) is 3.96. The Labute approximate surface area is 373 Å². The van der Waals surface area contributed by atoms with Crippen molar-refractivity contribution in [2.24, 2.45) is 0 Å². The minimum Gasteiger partial charge on any atom is -0.455 e. The Kier molecular flexibility index (Phi) is 7.90. The normalized spacial score (nSPS) is 14.0. The average molecular weight is 818 g/mol. The maximum Gasteiger partial charge on any atom is 0.143 e. The lowest BCUT2D eigenvalue weighted by atomic mass is 9.67. The topological polar surface area (TPSA) is 16.4 Å². The Hall–Kier alpha value is -7.94. The van der Waals surface area contributed by atoms with Crippen molar-refractivity contribution in [2.45, 2.75) is 24.7 Å². The molecule has 0 spiro atoms. The number of hydrogen-bond donors (Lipinski definition) is 0. The summed E-state index contributed by atoms with van der Waals surface area (Å²) in [5.41, 5.74) is 19.5. The quantitative estimate of drug-likeness (QED) is 0.166. The number of fused-ring (bicyclic) bond motifs is 11. The van der Waals surface area contributed by atoms with Gasteiger partial charge in [0.15, 0.2) is 0 Å². The van der Waals surface area contributed by atoms with Crippen LogP contribution in [0.15, 0.2) is 229 Å². The number of rotatable bonds is 6. The number of nitrogens with zero attached hydrogens (tertiary/aromatic N) is 1. The van der Waals surface area contributed by atoms with E-state index < -0.39 is 5.41 Å². The van der Waals surface area contributed by atoms with Crippen LogP contribution in [-0.2, 0) is 10.8 Å². The van der Waals surface area contributed by atoms with Crippen LogP contribution in [0.3, 0.4) is 0 Å². The van der Waals surface area contributed by atoms with E-state index in [-0.39, 0.29) is 5.41 Å². The SMILES string of the molecule is CC1(C)c2ccccc2-c2c(N(c3ccc(-c4cccc5c4oc4ccccc45)cc3)c3ccc4c(c3)C(c3ccccc3)(c3ccccc3)c3ccccc3-4)cc3ccccc3c21. The third-order valence-corrected chi connectivity index (χ3v) is 14.3. The van der Waals surface area contributed by atoms with Gasteiger partial charge in [0, 0.05) is 38.7 Å². The molecule has 2 heteroatoms. The van der Waals surface area contributed by atoms with E-state index in [9.17, 15) is 0 Å². The molecular weight excluding hydrogens is 775 g/mol. The molecule has 0 unspecified atom stereocenters. The van der Waals surface area contributed by atoms with Gasteiger partial charge in [-0.1, -0.05) is 202 Å². The van der Waals surface area contributed by atoms with Crippen molar-refractivity contribution in [3.05, 3.63) is 258 Å². The van der Waals surface area contributed by atoms with Crippen molar-refractivity contribution in [3.63, 3.8) is 0 Å². The summed E-state index contributed by atoms with van der Waals surface area (Å²) in [6.07, 6.45) is 0. The van der Waals surface area contributed by atoms with Crippen molar-refractivity contribution in [3.8, 4) is 33.4 Å². The standard InChI is InChI=1S/C62H43NO/c1-61(2)53-29-14-12-26-52(53)58-56(38-41-18-9-10-23-46(41)59(58)61)63(44-34-32-40(33-35-44)47-27-17-28-51-50-25-13-16-31-57(50)64-60(47)51)45-36-37-49-48-24-11-15-30-54(48)62(55(49)39-45,42-19-5-3-6-20-42)43-21-7-4-8-22-43/h3-39H,1-2H3. The predicted octanol–water partition coefficient (Wildman–Crippen LogP) is 16.5. The largest absolute Gasteiger partial charge is 0.455 e. The number of benzene rings is 10. The van der Waals surface area contributed by atoms with E-state index in [1.165, 1.54) is 72.1 Å². The van der Waals surface area contributed by atoms with Crippen molar-refractivity contribution < 1.29 is 4.42 Å². The highest BCUT2D eigenvalue weighted by Crippen LogP contribution is 2.60. The van der Waals surface area contributed by atoms with Crippen LogP contribution in [-0.4, -0.2) is 0 Å². The lowest BCUT2D eigenvalue weighted by Crippen LogP contribution is -2.28. The van der Waals surface area contributed by atoms with Gasteiger partial charge < -0.3 is 9.32 Å². The zero-order chi connectivity index (χ0) is 42.6. The van der Waals surface area contributed by atoms with Gasteiger partial charge in [-0.05, 0) is 103 Å². The molecule has 64 heavy (non-hydrogen) atoms. The van der Waals surface area contributed by atoms with Crippen LogP contribution in [0.1, 0.15) is 47.2 Å². The molecule has 0 aliphatic heterocycles. The van der Waals surface area contributed by atoms with E-state index in [1.54, 1.807) is 0 Å². The summed E-state index contributed by atoms with van der Waals surface area (Å²) >= 11 is 0. The molecule has 13 rings (SSSR count). The van der Waals surface area contributed by atoms with Crippen LogP contribution in [0, 0.1) is 0 Å². The molecule has 0 bridgehead atoms. The third kappa shape index (κ3) is 5.08. The molecule has 2 aliphatic rings. The highest BCUT2D eigenvalue weighted by Gasteiger charge is 2.47. The Bertz CT molecular complexity index is 3590. The second-order valence-corrected chi connectivity index (χ2v) is 18.0. The smallest absolute Gasteiger partial charge is 0.143 e. The lowest BCUT2D eigenvalue weighted by molar-refractivity contribution is 0.666. The zero-order valence-electron chi connectivity index (χ0n) is 35.7. The molecule has 302 valence electrons. The Balaban J connectivity index is 1.09. The predicted molar refractivity (Wildman–Crippen MR) is 266 cm³/mol. The van der Waals surface area contributed by atoms with Gasteiger partial charge in [0.05, 0.1) is 11.1 Å². The summed E-state index contributed by atoms with van der Waals surface area (Å²) in [7, 11) is 0. The Morgan fingerprint density at radius 3 is 1.75 bits per heavy atom. The molecule has 0 fully saturated rings. The fourth-order valence-corrected chi connectivity index (χ4v) is 11.6. The second kappa shape index (κ2) is 13.8. The van der Waals surface area contributed by atoms with Crippen LogP contribution in [0.25, 0.3) is 66.1 Å². The highest BCUT2D eigenvalue weighted by molar-refractivity contribution is 6.10. The molecule has 10 aromatic carbocycles. The first-order valence-corrected chi connectivity index (χ1v) is 22.3. The molecule has 1 aromatic heterocycles. The first-order chi connectivity index (χ1) is 31.5.